The van der Waals surface area contributed by atoms with Gasteiger partial charge in [-0.15, -0.1) is 0 Å². The number of rotatable bonds is 3. The fourth-order valence-corrected chi connectivity index (χ4v) is 3.86. The average molecular weight is 312 g/mol. The number of ether oxygens (including phenoxy) is 1. The van der Waals surface area contributed by atoms with Gasteiger partial charge in [-0.3, -0.25) is 14.5 Å². The van der Waals surface area contributed by atoms with Crippen molar-refractivity contribution in [2.45, 2.75) is 45.6 Å². The van der Waals surface area contributed by atoms with Gasteiger partial charge in [-0.25, -0.2) is 0 Å². The molecule has 21 heavy (non-hydrogen) atoms. The molecule has 118 valence electrons. The van der Waals surface area contributed by atoms with Crippen molar-refractivity contribution in [3.8, 4) is 0 Å². The van der Waals surface area contributed by atoms with Crippen molar-refractivity contribution in [2.24, 2.45) is 5.92 Å². The Balaban J connectivity index is 2.01. The maximum absolute atomic E-state index is 11.7. The second-order valence-corrected chi connectivity index (χ2v) is 7.70. The van der Waals surface area contributed by atoms with Crippen LogP contribution in [0.15, 0.2) is 4.79 Å². The van der Waals surface area contributed by atoms with Gasteiger partial charge in [-0.05, 0) is 25.9 Å². The molecule has 1 aliphatic rings. The summed E-state index contributed by atoms with van der Waals surface area (Å²) in [5.41, 5.74) is 0.978. The van der Waals surface area contributed by atoms with E-state index in [1.165, 1.54) is 18.4 Å². The number of esters is 1. The van der Waals surface area contributed by atoms with E-state index in [1.807, 2.05) is 0 Å². The van der Waals surface area contributed by atoms with Gasteiger partial charge in [0.25, 0.3) is 0 Å². The number of nitrogens with one attached hydrogen (secondary N) is 1. The number of aromatic nitrogens is 1. The average Bonchev–Trinajstić information content (AvgIpc) is 2.79. The molecule has 0 aliphatic carbocycles. The molecule has 1 aromatic rings. The molecule has 1 aliphatic heterocycles. The molecule has 0 unspecified atom stereocenters. The molecule has 1 N–H and O–H groups in total. The largest absolute Gasteiger partial charge is 0.469 e. The van der Waals surface area contributed by atoms with Crippen molar-refractivity contribution >= 4 is 17.3 Å². The Labute approximate surface area is 129 Å². The van der Waals surface area contributed by atoms with E-state index in [0.29, 0.717) is 0 Å². The fraction of sp³-hybridized carbons (Fsp3) is 0.733. The van der Waals surface area contributed by atoms with E-state index >= 15 is 0 Å². The summed E-state index contributed by atoms with van der Waals surface area (Å²) < 4.78 is 4.81. The van der Waals surface area contributed by atoms with E-state index < -0.39 is 0 Å². The minimum absolute atomic E-state index is 0.0133. The van der Waals surface area contributed by atoms with Gasteiger partial charge >= 0.3 is 10.8 Å². The molecule has 0 saturated carbocycles. The Hall–Kier alpha value is -1.14. The lowest BCUT2D eigenvalue weighted by Gasteiger charge is -2.31. The molecule has 0 spiro atoms. The Morgan fingerprint density at radius 1 is 1.38 bits per heavy atom. The second kappa shape index (κ2) is 6.32. The number of nitrogens with zero attached hydrogens (tertiary/aromatic N) is 1. The molecule has 0 radical (unpaired) electrons. The molecule has 1 saturated heterocycles. The van der Waals surface area contributed by atoms with E-state index in [4.69, 9.17) is 4.74 Å². The van der Waals surface area contributed by atoms with Gasteiger partial charge < -0.3 is 9.72 Å². The molecule has 0 atom stereocenters. The number of carbonyl (C=O) groups excluding carboxylic acids is 1. The first kappa shape index (κ1) is 16.2. The molecule has 2 rings (SSSR count). The molecular weight excluding hydrogens is 288 g/mol. The van der Waals surface area contributed by atoms with Crippen molar-refractivity contribution in [3.63, 3.8) is 0 Å². The summed E-state index contributed by atoms with van der Waals surface area (Å²) in [5, 5.41) is 0. The van der Waals surface area contributed by atoms with Crippen molar-refractivity contribution in [2.75, 3.05) is 20.2 Å². The third-order valence-corrected chi connectivity index (χ3v) is 4.83. The summed E-state index contributed by atoms with van der Waals surface area (Å²) in [6.07, 6.45) is 1.66. The van der Waals surface area contributed by atoms with Crippen molar-refractivity contribution < 1.29 is 9.53 Å². The van der Waals surface area contributed by atoms with E-state index in [1.54, 1.807) is 0 Å². The van der Waals surface area contributed by atoms with Gasteiger partial charge in [0.05, 0.1) is 13.0 Å². The summed E-state index contributed by atoms with van der Waals surface area (Å²) in [5.74, 6) is -0.0744. The standard InChI is InChI=1S/C15H24N2O3S/c1-15(2,3)12-11(21-14(19)16-12)9-17-7-5-10(6-8-17)13(18)20-4/h10H,5-9H2,1-4H3,(H,16,19). The lowest BCUT2D eigenvalue weighted by Crippen LogP contribution is -2.36. The highest BCUT2D eigenvalue weighted by atomic mass is 32.1. The number of hydrogen-bond donors (Lipinski definition) is 1. The maximum atomic E-state index is 11.7. The first-order valence-corrected chi connectivity index (χ1v) is 8.15. The normalized spacial score (nSPS) is 17.9. The molecular formula is C15H24N2O3S. The second-order valence-electron chi connectivity index (χ2n) is 6.64. The lowest BCUT2D eigenvalue weighted by molar-refractivity contribution is -0.147. The van der Waals surface area contributed by atoms with Gasteiger partial charge in [0.15, 0.2) is 0 Å². The topological polar surface area (TPSA) is 62.4 Å². The maximum Gasteiger partial charge on any atom is 0.308 e. The van der Waals surface area contributed by atoms with Gasteiger partial charge in [-0.1, -0.05) is 32.1 Å². The zero-order chi connectivity index (χ0) is 15.6. The Bertz CT molecular complexity index is 548. The quantitative estimate of drug-likeness (QED) is 0.869. The third kappa shape index (κ3) is 3.95. The highest BCUT2D eigenvalue weighted by molar-refractivity contribution is 7.09. The van der Waals surface area contributed by atoms with Crippen LogP contribution in [0.5, 0.6) is 0 Å². The predicted molar refractivity (Wildman–Crippen MR) is 83.7 cm³/mol. The summed E-state index contributed by atoms with van der Waals surface area (Å²) in [6, 6.07) is 0. The molecule has 0 aromatic carbocycles. The van der Waals surface area contributed by atoms with Crippen LogP contribution in [0.1, 0.15) is 44.2 Å². The number of carbonyl (C=O) groups is 1. The van der Waals surface area contributed by atoms with Crippen molar-refractivity contribution in [1.82, 2.24) is 9.88 Å². The Kier molecular flexibility index (Phi) is 4.88. The Morgan fingerprint density at radius 3 is 2.52 bits per heavy atom. The lowest BCUT2D eigenvalue weighted by atomic mass is 9.91. The monoisotopic (exact) mass is 312 g/mol. The molecule has 1 fully saturated rings. The molecule has 0 bridgehead atoms. The number of piperidine rings is 1. The molecule has 2 heterocycles. The summed E-state index contributed by atoms with van der Waals surface area (Å²) in [4.78, 5) is 29.6. The van der Waals surface area contributed by atoms with Crippen LogP contribution in [0.25, 0.3) is 0 Å². The van der Waals surface area contributed by atoms with Crippen LogP contribution in [0, 0.1) is 5.92 Å². The number of methoxy groups -OCH3 is 1. The van der Waals surface area contributed by atoms with Gasteiger partial charge in [0.1, 0.15) is 0 Å². The fourth-order valence-electron chi connectivity index (χ4n) is 2.77. The van der Waals surface area contributed by atoms with Crippen LogP contribution < -0.4 is 4.87 Å². The zero-order valence-corrected chi connectivity index (χ0v) is 14.0. The molecule has 0 amide bonds. The highest BCUT2D eigenvalue weighted by Gasteiger charge is 2.28. The minimum Gasteiger partial charge on any atom is -0.469 e. The van der Waals surface area contributed by atoms with Crippen LogP contribution in [-0.2, 0) is 21.5 Å². The predicted octanol–water partition coefficient (Wildman–Crippen LogP) is 2.12. The number of thiazole rings is 1. The van der Waals surface area contributed by atoms with Crippen molar-refractivity contribution in [1.29, 1.82) is 0 Å². The number of hydrogen-bond acceptors (Lipinski definition) is 5. The SMILES string of the molecule is COC(=O)C1CCN(Cc2sc(=O)[nH]c2C(C)(C)C)CC1. The van der Waals surface area contributed by atoms with E-state index in [-0.39, 0.29) is 22.2 Å². The number of likely N-dealkylation sites (tertiary alicyclic amines) is 1. The first-order valence-electron chi connectivity index (χ1n) is 7.34. The molecule has 1 aromatic heterocycles. The van der Waals surface area contributed by atoms with Crippen LogP contribution in [-0.4, -0.2) is 36.1 Å². The van der Waals surface area contributed by atoms with E-state index in [2.05, 4.69) is 30.7 Å². The third-order valence-electron chi connectivity index (χ3n) is 3.96. The molecule has 6 heteroatoms. The smallest absolute Gasteiger partial charge is 0.308 e. The van der Waals surface area contributed by atoms with Crippen LogP contribution in [0.3, 0.4) is 0 Å². The summed E-state index contributed by atoms with van der Waals surface area (Å²) in [6.45, 7) is 8.85. The summed E-state index contributed by atoms with van der Waals surface area (Å²) >= 11 is 1.30. The molecule has 5 nitrogen and oxygen atoms in total. The van der Waals surface area contributed by atoms with Gasteiger partial charge in [-0.2, -0.15) is 0 Å². The number of aromatic amines is 1. The van der Waals surface area contributed by atoms with Gasteiger partial charge in [0.2, 0.25) is 0 Å². The Morgan fingerprint density at radius 2 is 2.00 bits per heavy atom. The first-order chi connectivity index (χ1) is 9.81. The van der Waals surface area contributed by atoms with Crippen LogP contribution >= 0.6 is 11.3 Å². The van der Waals surface area contributed by atoms with Crippen molar-refractivity contribution in [3.05, 3.63) is 20.2 Å². The minimum atomic E-state index is -0.101. The van der Waals surface area contributed by atoms with E-state index in [0.717, 1.165) is 43.0 Å². The van der Waals surface area contributed by atoms with Crippen LogP contribution in [0.4, 0.5) is 0 Å². The van der Waals surface area contributed by atoms with Crippen LogP contribution in [0.2, 0.25) is 0 Å². The number of H-pyrrole nitrogens is 1. The van der Waals surface area contributed by atoms with E-state index in [9.17, 15) is 9.59 Å². The summed E-state index contributed by atoms with van der Waals surface area (Å²) in [7, 11) is 1.45. The highest BCUT2D eigenvalue weighted by Crippen LogP contribution is 2.28. The zero-order valence-electron chi connectivity index (χ0n) is 13.2. The van der Waals surface area contributed by atoms with Gasteiger partial charge in [0, 0.05) is 22.5 Å².